The van der Waals surface area contributed by atoms with E-state index in [1.165, 1.54) is 22.9 Å². The van der Waals surface area contributed by atoms with Crippen LogP contribution in [0.15, 0.2) is 35.3 Å². The van der Waals surface area contributed by atoms with E-state index in [4.69, 9.17) is 11.6 Å². The summed E-state index contributed by atoms with van der Waals surface area (Å²) in [5, 5.41) is 0.0919. The fourth-order valence-corrected chi connectivity index (χ4v) is 3.76. The molecule has 2 nitrogen and oxygen atoms in total. The van der Waals surface area contributed by atoms with Crippen LogP contribution in [0.1, 0.15) is 49.8 Å². The lowest BCUT2D eigenvalue weighted by molar-refractivity contribution is 0.395. The van der Waals surface area contributed by atoms with E-state index >= 15 is 0 Å². The van der Waals surface area contributed by atoms with Gasteiger partial charge >= 0.3 is 0 Å². The third-order valence-corrected chi connectivity index (χ3v) is 5.57. The third kappa shape index (κ3) is 3.43. The standard InChI is InChI=1S/C21H24ClFN2/c1-13-8-20-17(14(2)11-21(3,4)25(20)5)9-15(13)12-24-16-6-7-19(23)18(22)10-16/h6-10,12,14H,11H2,1-5H3. The van der Waals surface area contributed by atoms with E-state index in [1.54, 1.807) is 12.1 Å². The Balaban J connectivity index is 1.98. The van der Waals surface area contributed by atoms with Crippen LogP contribution in [0.4, 0.5) is 15.8 Å². The Morgan fingerprint density at radius 3 is 2.68 bits per heavy atom. The quantitative estimate of drug-likeness (QED) is 0.578. The van der Waals surface area contributed by atoms with Gasteiger partial charge in [-0.15, -0.1) is 0 Å². The summed E-state index contributed by atoms with van der Waals surface area (Å²) < 4.78 is 13.3. The van der Waals surface area contributed by atoms with Crippen LogP contribution in [0.25, 0.3) is 0 Å². The van der Waals surface area contributed by atoms with Crippen molar-refractivity contribution in [3.8, 4) is 0 Å². The van der Waals surface area contributed by atoms with E-state index in [9.17, 15) is 4.39 Å². The fourth-order valence-electron chi connectivity index (χ4n) is 3.58. The zero-order valence-electron chi connectivity index (χ0n) is 15.4. The summed E-state index contributed by atoms with van der Waals surface area (Å²) in [7, 11) is 2.17. The second-order valence-electron chi connectivity index (χ2n) is 7.60. The minimum Gasteiger partial charge on any atom is -0.369 e. The molecule has 0 fully saturated rings. The lowest BCUT2D eigenvalue weighted by atomic mass is 9.79. The normalized spacial score (nSPS) is 19.3. The second-order valence-corrected chi connectivity index (χ2v) is 8.01. The number of benzene rings is 2. The van der Waals surface area contributed by atoms with Gasteiger partial charge in [-0.05, 0) is 80.1 Å². The van der Waals surface area contributed by atoms with Crippen LogP contribution < -0.4 is 4.90 Å². The van der Waals surface area contributed by atoms with E-state index < -0.39 is 5.82 Å². The van der Waals surface area contributed by atoms with Crippen LogP contribution in [0.2, 0.25) is 5.02 Å². The number of anilines is 1. The molecule has 0 amide bonds. The van der Waals surface area contributed by atoms with Gasteiger partial charge in [0.05, 0.1) is 10.7 Å². The average Bonchev–Trinajstić information content (AvgIpc) is 2.54. The van der Waals surface area contributed by atoms with Crippen LogP contribution in [-0.4, -0.2) is 18.8 Å². The molecule has 0 N–H and O–H groups in total. The molecule has 1 aliphatic rings. The van der Waals surface area contributed by atoms with Gasteiger partial charge in [0.25, 0.3) is 0 Å². The first kappa shape index (κ1) is 17.9. The number of halogens is 2. The molecule has 0 bridgehead atoms. The molecule has 2 aromatic carbocycles. The van der Waals surface area contributed by atoms with Gasteiger partial charge in [0.15, 0.2) is 0 Å². The van der Waals surface area contributed by atoms with Crippen molar-refractivity contribution < 1.29 is 4.39 Å². The number of aliphatic imine (C=N–C) groups is 1. The maximum Gasteiger partial charge on any atom is 0.141 e. The summed E-state index contributed by atoms with van der Waals surface area (Å²) in [4.78, 5) is 6.84. The molecule has 0 radical (unpaired) electrons. The Kier molecular flexibility index (Phi) is 4.63. The average molecular weight is 359 g/mol. The topological polar surface area (TPSA) is 15.6 Å². The summed E-state index contributed by atoms with van der Waals surface area (Å²) in [5.41, 5.74) is 5.70. The van der Waals surface area contributed by atoms with Crippen molar-refractivity contribution >= 4 is 29.2 Å². The molecule has 3 rings (SSSR count). The Labute approximate surface area is 154 Å². The van der Waals surface area contributed by atoms with E-state index in [2.05, 4.69) is 56.8 Å². The molecule has 0 aromatic heterocycles. The molecule has 1 atom stereocenters. The third-order valence-electron chi connectivity index (χ3n) is 5.28. The monoisotopic (exact) mass is 358 g/mol. The zero-order valence-corrected chi connectivity index (χ0v) is 16.2. The van der Waals surface area contributed by atoms with Gasteiger partial charge in [-0.1, -0.05) is 18.5 Å². The number of hydrogen-bond acceptors (Lipinski definition) is 2. The van der Waals surface area contributed by atoms with E-state index in [1.807, 2.05) is 6.21 Å². The number of fused-ring (bicyclic) bond motifs is 1. The number of aryl methyl sites for hydroxylation is 1. The molecule has 2 aromatic rings. The van der Waals surface area contributed by atoms with Crippen LogP contribution in [-0.2, 0) is 0 Å². The van der Waals surface area contributed by atoms with Crippen molar-refractivity contribution in [3.63, 3.8) is 0 Å². The Bertz CT molecular complexity index is 842. The van der Waals surface area contributed by atoms with Crippen molar-refractivity contribution in [2.24, 2.45) is 4.99 Å². The molecule has 0 saturated carbocycles. The first-order valence-electron chi connectivity index (χ1n) is 8.56. The maximum atomic E-state index is 13.3. The highest BCUT2D eigenvalue weighted by Gasteiger charge is 2.34. The summed E-state index contributed by atoms with van der Waals surface area (Å²) in [6, 6.07) is 8.99. The number of hydrogen-bond donors (Lipinski definition) is 0. The van der Waals surface area contributed by atoms with Crippen molar-refractivity contribution in [1.29, 1.82) is 0 Å². The predicted molar refractivity (Wildman–Crippen MR) is 105 cm³/mol. The lowest BCUT2D eigenvalue weighted by Crippen LogP contribution is -2.45. The molecule has 25 heavy (non-hydrogen) atoms. The van der Waals surface area contributed by atoms with Gasteiger partial charge in [-0.25, -0.2) is 4.39 Å². The van der Waals surface area contributed by atoms with Gasteiger partial charge in [-0.3, -0.25) is 4.99 Å². The number of rotatable bonds is 2. The van der Waals surface area contributed by atoms with Gasteiger partial charge in [-0.2, -0.15) is 0 Å². The fraction of sp³-hybridized carbons (Fsp3) is 0.381. The lowest BCUT2D eigenvalue weighted by Gasteiger charge is -2.45. The highest BCUT2D eigenvalue weighted by Crippen LogP contribution is 2.43. The summed E-state index contributed by atoms with van der Waals surface area (Å²) in [5.74, 6) is 0.0688. The van der Waals surface area contributed by atoms with Crippen LogP contribution in [0.5, 0.6) is 0 Å². The zero-order chi connectivity index (χ0) is 18.4. The second kappa shape index (κ2) is 6.45. The number of nitrogens with zero attached hydrogens (tertiary/aromatic N) is 2. The molecule has 0 saturated heterocycles. The smallest absolute Gasteiger partial charge is 0.141 e. The summed E-state index contributed by atoms with van der Waals surface area (Å²) in [6.45, 7) is 8.95. The minimum absolute atomic E-state index is 0.0919. The van der Waals surface area contributed by atoms with E-state index in [-0.39, 0.29) is 10.6 Å². The van der Waals surface area contributed by atoms with Gasteiger partial charge < -0.3 is 4.90 Å². The maximum absolute atomic E-state index is 13.3. The van der Waals surface area contributed by atoms with Crippen molar-refractivity contribution in [3.05, 3.63) is 57.9 Å². The van der Waals surface area contributed by atoms with Gasteiger partial charge in [0.2, 0.25) is 0 Å². The minimum atomic E-state index is -0.426. The van der Waals surface area contributed by atoms with Crippen LogP contribution in [0, 0.1) is 12.7 Å². The van der Waals surface area contributed by atoms with Crippen molar-refractivity contribution in [2.45, 2.75) is 45.6 Å². The summed E-state index contributed by atoms with van der Waals surface area (Å²) in [6.07, 6.45) is 2.95. The van der Waals surface area contributed by atoms with E-state index in [0.717, 1.165) is 12.0 Å². The van der Waals surface area contributed by atoms with E-state index in [0.29, 0.717) is 11.6 Å². The Hall–Kier alpha value is -1.87. The molecule has 1 heterocycles. The van der Waals surface area contributed by atoms with Gasteiger partial charge in [0, 0.05) is 24.5 Å². The summed E-state index contributed by atoms with van der Waals surface area (Å²) >= 11 is 5.83. The van der Waals surface area contributed by atoms with Crippen molar-refractivity contribution in [1.82, 2.24) is 0 Å². The highest BCUT2D eigenvalue weighted by molar-refractivity contribution is 6.31. The largest absolute Gasteiger partial charge is 0.369 e. The molecule has 0 aliphatic carbocycles. The van der Waals surface area contributed by atoms with Crippen LogP contribution in [0.3, 0.4) is 0 Å². The highest BCUT2D eigenvalue weighted by atomic mass is 35.5. The van der Waals surface area contributed by atoms with Crippen LogP contribution >= 0.6 is 11.6 Å². The molecule has 1 aliphatic heterocycles. The first-order valence-corrected chi connectivity index (χ1v) is 8.94. The molecule has 4 heteroatoms. The SMILES string of the molecule is Cc1cc2c(cc1C=Nc1ccc(F)c(Cl)c1)C(C)CC(C)(C)N2C. The molecular formula is C21H24ClFN2. The Morgan fingerprint density at radius 2 is 2.00 bits per heavy atom. The van der Waals surface area contributed by atoms with Gasteiger partial charge in [0.1, 0.15) is 5.82 Å². The molecule has 132 valence electrons. The predicted octanol–water partition coefficient (Wildman–Crippen LogP) is 6.26. The van der Waals surface area contributed by atoms with Crippen molar-refractivity contribution in [2.75, 3.05) is 11.9 Å². The molecular weight excluding hydrogens is 335 g/mol. The molecule has 0 spiro atoms. The molecule has 1 unspecified atom stereocenters. The Morgan fingerprint density at radius 1 is 1.28 bits per heavy atom. The first-order chi connectivity index (χ1) is 11.7.